The van der Waals surface area contributed by atoms with Gasteiger partial charge in [-0.3, -0.25) is 4.79 Å². The van der Waals surface area contributed by atoms with Crippen LogP contribution in [-0.2, 0) is 0 Å². The Morgan fingerprint density at radius 2 is 1.95 bits per heavy atom. The highest BCUT2D eigenvalue weighted by Gasteiger charge is 2.29. The van der Waals surface area contributed by atoms with E-state index in [1.165, 1.54) is 18.6 Å². The minimum Gasteiger partial charge on any atom is -0.339 e. The Labute approximate surface area is 127 Å². The Bertz CT molecular complexity index is 518. The van der Waals surface area contributed by atoms with Crippen LogP contribution in [0.5, 0.6) is 0 Å². The van der Waals surface area contributed by atoms with Gasteiger partial charge in [-0.15, -0.1) is 0 Å². The second-order valence-corrected chi connectivity index (χ2v) is 7.25. The smallest absolute Gasteiger partial charge is 0.254 e. The zero-order valence-electron chi connectivity index (χ0n) is 13.6. The van der Waals surface area contributed by atoms with Gasteiger partial charge in [-0.25, -0.2) is 4.39 Å². The monoisotopic (exact) mass is 291 g/mol. The molecule has 0 radical (unpaired) electrons. The Kier molecular flexibility index (Phi) is 4.70. The maximum Gasteiger partial charge on any atom is 0.254 e. The van der Waals surface area contributed by atoms with E-state index < -0.39 is 0 Å². The number of benzene rings is 1. The van der Waals surface area contributed by atoms with Gasteiger partial charge in [-0.1, -0.05) is 20.8 Å². The van der Waals surface area contributed by atoms with E-state index in [0.29, 0.717) is 16.9 Å². The molecule has 1 atom stereocenters. The molecule has 21 heavy (non-hydrogen) atoms. The third-order valence-electron chi connectivity index (χ3n) is 4.66. The molecule has 2 nitrogen and oxygen atoms in total. The lowest BCUT2D eigenvalue weighted by molar-refractivity contribution is 0.0755. The number of likely N-dealkylation sites (tertiary alicyclic amines) is 1. The molecule has 1 aliphatic rings. The fraction of sp³-hybridized carbons (Fsp3) is 0.611. The zero-order chi connectivity index (χ0) is 15.6. The quantitative estimate of drug-likeness (QED) is 0.750. The average molecular weight is 291 g/mol. The summed E-state index contributed by atoms with van der Waals surface area (Å²) < 4.78 is 13.2. The maximum absolute atomic E-state index is 13.2. The van der Waals surface area contributed by atoms with Gasteiger partial charge in [0.1, 0.15) is 5.82 Å². The Morgan fingerprint density at radius 3 is 2.57 bits per heavy atom. The molecular weight excluding hydrogens is 265 g/mol. The van der Waals surface area contributed by atoms with Crippen molar-refractivity contribution in [2.24, 2.45) is 11.3 Å². The highest BCUT2D eigenvalue weighted by Crippen LogP contribution is 2.34. The fourth-order valence-corrected chi connectivity index (χ4v) is 3.20. The van der Waals surface area contributed by atoms with E-state index in [-0.39, 0.29) is 11.7 Å². The molecule has 0 N–H and O–H groups in total. The predicted octanol–water partition coefficient (Wildman–Crippen LogP) is 4.42. The fourth-order valence-electron chi connectivity index (χ4n) is 3.20. The molecule has 1 heterocycles. The summed E-state index contributed by atoms with van der Waals surface area (Å²) >= 11 is 0. The molecule has 0 spiro atoms. The van der Waals surface area contributed by atoms with Crippen molar-refractivity contribution in [1.29, 1.82) is 0 Å². The predicted molar refractivity (Wildman–Crippen MR) is 83.8 cm³/mol. The van der Waals surface area contributed by atoms with Gasteiger partial charge in [-0.2, -0.15) is 0 Å². The van der Waals surface area contributed by atoms with Crippen molar-refractivity contribution in [3.63, 3.8) is 0 Å². The van der Waals surface area contributed by atoms with Crippen LogP contribution in [0.2, 0.25) is 0 Å². The zero-order valence-corrected chi connectivity index (χ0v) is 13.6. The van der Waals surface area contributed by atoms with Gasteiger partial charge in [0.2, 0.25) is 0 Å². The van der Waals surface area contributed by atoms with Gasteiger partial charge in [0.15, 0.2) is 0 Å². The summed E-state index contributed by atoms with van der Waals surface area (Å²) in [7, 11) is 0. The number of carbonyl (C=O) groups excluding carboxylic acids is 1. The van der Waals surface area contributed by atoms with Crippen molar-refractivity contribution in [1.82, 2.24) is 4.90 Å². The second-order valence-electron chi connectivity index (χ2n) is 7.25. The van der Waals surface area contributed by atoms with Gasteiger partial charge >= 0.3 is 0 Å². The molecule has 1 aliphatic heterocycles. The molecule has 0 saturated carbocycles. The second kappa shape index (κ2) is 6.17. The Balaban J connectivity index is 2.10. The summed E-state index contributed by atoms with van der Waals surface area (Å²) in [6, 6.07) is 4.41. The van der Waals surface area contributed by atoms with Crippen molar-refractivity contribution in [2.75, 3.05) is 13.1 Å². The van der Waals surface area contributed by atoms with Gasteiger partial charge < -0.3 is 4.90 Å². The van der Waals surface area contributed by atoms with Gasteiger partial charge in [-0.05, 0) is 61.3 Å². The number of nitrogens with zero attached hydrogens (tertiary/aromatic N) is 1. The third-order valence-corrected chi connectivity index (χ3v) is 4.66. The number of hydrogen-bond donors (Lipinski definition) is 0. The summed E-state index contributed by atoms with van der Waals surface area (Å²) in [5.74, 6) is 0.416. The minimum atomic E-state index is -0.285. The molecule has 1 unspecified atom stereocenters. The number of halogens is 1. The maximum atomic E-state index is 13.2. The summed E-state index contributed by atoms with van der Waals surface area (Å²) in [5.41, 5.74) is 1.65. The number of rotatable bonds is 1. The van der Waals surface area contributed by atoms with Crippen LogP contribution in [0.15, 0.2) is 18.2 Å². The van der Waals surface area contributed by atoms with Crippen molar-refractivity contribution in [3.05, 3.63) is 35.1 Å². The number of hydrogen-bond acceptors (Lipinski definition) is 1. The SMILES string of the molecule is Cc1cc(F)ccc1C(=O)N1CCCC(C(C)(C)C)CC1. The molecule has 1 saturated heterocycles. The van der Waals surface area contributed by atoms with E-state index in [2.05, 4.69) is 20.8 Å². The first-order valence-electron chi connectivity index (χ1n) is 7.84. The normalized spacial score (nSPS) is 20.2. The number of carbonyl (C=O) groups is 1. The highest BCUT2D eigenvalue weighted by atomic mass is 19.1. The molecule has 0 bridgehead atoms. The summed E-state index contributed by atoms with van der Waals surface area (Å²) in [6.07, 6.45) is 3.28. The van der Waals surface area contributed by atoms with Crippen LogP contribution in [0.3, 0.4) is 0 Å². The van der Waals surface area contributed by atoms with Crippen LogP contribution in [0.4, 0.5) is 4.39 Å². The summed E-state index contributed by atoms with van der Waals surface area (Å²) in [5, 5.41) is 0. The Morgan fingerprint density at radius 1 is 1.24 bits per heavy atom. The first-order chi connectivity index (χ1) is 9.79. The molecule has 1 amide bonds. The van der Waals surface area contributed by atoms with E-state index in [9.17, 15) is 9.18 Å². The lowest BCUT2D eigenvalue weighted by atomic mass is 9.77. The van der Waals surface area contributed by atoms with Gasteiger partial charge in [0.05, 0.1) is 0 Å². The van der Waals surface area contributed by atoms with Gasteiger partial charge in [0.25, 0.3) is 5.91 Å². The standard InChI is InChI=1S/C18H26FNO/c1-13-12-15(19)7-8-16(13)17(21)20-10-5-6-14(9-11-20)18(2,3)4/h7-8,12,14H,5-6,9-11H2,1-4H3. The summed E-state index contributed by atoms with van der Waals surface area (Å²) in [6.45, 7) is 10.2. The molecule has 1 fully saturated rings. The molecule has 1 aromatic carbocycles. The molecule has 0 aliphatic carbocycles. The third kappa shape index (κ3) is 3.84. The van der Waals surface area contributed by atoms with Crippen molar-refractivity contribution >= 4 is 5.91 Å². The van der Waals surface area contributed by atoms with Crippen LogP contribution in [0.25, 0.3) is 0 Å². The Hall–Kier alpha value is -1.38. The van der Waals surface area contributed by atoms with E-state index >= 15 is 0 Å². The van der Waals surface area contributed by atoms with E-state index in [1.54, 1.807) is 13.0 Å². The van der Waals surface area contributed by atoms with E-state index in [0.717, 1.165) is 31.5 Å². The van der Waals surface area contributed by atoms with E-state index in [4.69, 9.17) is 0 Å². The lowest BCUT2D eigenvalue weighted by Gasteiger charge is -2.29. The van der Waals surface area contributed by atoms with Crippen molar-refractivity contribution in [2.45, 2.75) is 47.0 Å². The van der Waals surface area contributed by atoms with Crippen molar-refractivity contribution in [3.8, 4) is 0 Å². The molecule has 2 rings (SSSR count). The highest BCUT2D eigenvalue weighted by molar-refractivity contribution is 5.95. The lowest BCUT2D eigenvalue weighted by Crippen LogP contribution is -2.33. The molecule has 116 valence electrons. The van der Waals surface area contributed by atoms with Crippen LogP contribution < -0.4 is 0 Å². The van der Waals surface area contributed by atoms with E-state index in [1.807, 2.05) is 4.90 Å². The van der Waals surface area contributed by atoms with Crippen LogP contribution >= 0.6 is 0 Å². The molecule has 0 aromatic heterocycles. The van der Waals surface area contributed by atoms with Crippen LogP contribution in [-0.4, -0.2) is 23.9 Å². The largest absolute Gasteiger partial charge is 0.339 e. The topological polar surface area (TPSA) is 20.3 Å². The number of aryl methyl sites for hydroxylation is 1. The van der Waals surface area contributed by atoms with Crippen molar-refractivity contribution < 1.29 is 9.18 Å². The first kappa shape index (κ1) is 16.0. The first-order valence-corrected chi connectivity index (χ1v) is 7.84. The number of amides is 1. The molecule has 3 heteroatoms. The summed E-state index contributed by atoms with van der Waals surface area (Å²) in [4.78, 5) is 14.6. The molecular formula is C18H26FNO. The van der Waals surface area contributed by atoms with Crippen LogP contribution in [0, 0.1) is 24.1 Å². The molecule has 1 aromatic rings. The van der Waals surface area contributed by atoms with Gasteiger partial charge in [0, 0.05) is 18.7 Å². The average Bonchev–Trinajstić information content (AvgIpc) is 2.63. The van der Waals surface area contributed by atoms with Crippen LogP contribution in [0.1, 0.15) is 56.0 Å². The minimum absolute atomic E-state index is 0.0436.